The summed E-state index contributed by atoms with van der Waals surface area (Å²) in [6.07, 6.45) is 2.16. The molecule has 0 bridgehead atoms. The van der Waals surface area contributed by atoms with E-state index >= 15 is 0 Å². The molecule has 0 unspecified atom stereocenters. The number of nitrogens with zero attached hydrogens (tertiary/aromatic N) is 1. The highest BCUT2D eigenvalue weighted by Gasteiger charge is 2.40. The first-order valence-corrected chi connectivity index (χ1v) is 10.8. The number of sulfonamides is 1. The van der Waals surface area contributed by atoms with E-state index in [0.717, 1.165) is 17.1 Å². The van der Waals surface area contributed by atoms with E-state index in [2.05, 4.69) is 17.4 Å². The summed E-state index contributed by atoms with van der Waals surface area (Å²) in [5.74, 6) is -0.658. The number of carbonyl (C=O) groups excluding carboxylic acids is 2. The Kier molecular flexibility index (Phi) is 6.14. The minimum atomic E-state index is -3.80. The van der Waals surface area contributed by atoms with Crippen LogP contribution in [-0.4, -0.2) is 37.1 Å². The van der Waals surface area contributed by atoms with Crippen molar-refractivity contribution in [3.8, 4) is 0 Å². The molecule has 7 heteroatoms. The molecule has 3 rings (SSSR count). The molecule has 2 amide bonds. The molecule has 0 aromatic heterocycles. The average Bonchev–Trinajstić information content (AvgIpc) is 2.88. The van der Waals surface area contributed by atoms with Crippen LogP contribution < -0.4 is 5.32 Å². The van der Waals surface area contributed by atoms with Crippen LogP contribution in [0, 0.1) is 0 Å². The monoisotopic (exact) mass is 400 g/mol. The summed E-state index contributed by atoms with van der Waals surface area (Å²) in [7, 11) is -3.80. The number of carbonyl (C=O) groups is 2. The second-order valence-corrected chi connectivity index (χ2v) is 8.81. The van der Waals surface area contributed by atoms with E-state index in [1.54, 1.807) is 12.1 Å². The van der Waals surface area contributed by atoms with E-state index < -0.39 is 15.9 Å². The predicted molar refractivity (Wildman–Crippen MR) is 106 cm³/mol. The topological polar surface area (TPSA) is 83.6 Å². The van der Waals surface area contributed by atoms with Crippen LogP contribution in [0.2, 0.25) is 0 Å². The van der Waals surface area contributed by atoms with Gasteiger partial charge in [0.1, 0.15) is 4.90 Å². The lowest BCUT2D eigenvalue weighted by atomic mass is 10.1. The SMILES string of the molecule is C[C@@H](CCc1ccccc1)NC(=O)CCCN1C(=O)c2ccccc2S1(=O)=O. The number of fused-ring (bicyclic) bond motifs is 1. The molecule has 1 heterocycles. The van der Waals surface area contributed by atoms with Crippen LogP contribution >= 0.6 is 0 Å². The summed E-state index contributed by atoms with van der Waals surface area (Å²) in [6.45, 7) is 1.95. The molecule has 1 aliphatic rings. The van der Waals surface area contributed by atoms with Crippen molar-refractivity contribution < 1.29 is 18.0 Å². The molecule has 28 heavy (non-hydrogen) atoms. The molecule has 2 aromatic carbocycles. The first-order valence-electron chi connectivity index (χ1n) is 9.39. The maximum absolute atomic E-state index is 12.5. The number of benzene rings is 2. The summed E-state index contributed by atoms with van der Waals surface area (Å²) in [5.41, 5.74) is 1.42. The summed E-state index contributed by atoms with van der Waals surface area (Å²) in [4.78, 5) is 24.5. The molecule has 2 aromatic rings. The maximum Gasteiger partial charge on any atom is 0.269 e. The van der Waals surface area contributed by atoms with Gasteiger partial charge in [0.05, 0.1) is 5.56 Å². The van der Waals surface area contributed by atoms with Crippen molar-refractivity contribution in [2.24, 2.45) is 0 Å². The van der Waals surface area contributed by atoms with Gasteiger partial charge < -0.3 is 5.32 Å². The van der Waals surface area contributed by atoms with E-state index in [9.17, 15) is 18.0 Å². The Labute approximate surface area is 165 Å². The van der Waals surface area contributed by atoms with Gasteiger partial charge in [0.15, 0.2) is 0 Å². The normalized spacial score (nSPS) is 15.9. The molecule has 148 valence electrons. The number of hydrogen-bond donors (Lipinski definition) is 1. The van der Waals surface area contributed by atoms with E-state index in [4.69, 9.17) is 0 Å². The van der Waals surface area contributed by atoms with Gasteiger partial charge >= 0.3 is 0 Å². The molecule has 1 aliphatic heterocycles. The van der Waals surface area contributed by atoms with Crippen molar-refractivity contribution in [2.45, 2.75) is 43.5 Å². The Morgan fingerprint density at radius 2 is 1.75 bits per heavy atom. The number of aryl methyl sites for hydroxylation is 1. The maximum atomic E-state index is 12.5. The molecular weight excluding hydrogens is 376 g/mol. The summed E-state index contributed by atoms with van der Waals surface area (Å²) < 4.78 is 25.8. The highest BCUT2D eigenvalue weighted by atomic mass is 32.2. The smallest absolute Gasteiger partial charge is 0.269 e. The fraction of sp³-hybridized carbons (Fsp3) is 0.333. The van der Waals surface area contributed by atoms with Gasteiger partial charge in [0.2, 0.25) is 5.91 Å². The Bertz CT molecular complexity index is 957. The first kappa shape index (κ1) is 20.1. The van der Waals surface area contributed by atoms with Crippen LogP contribution in [0.5, 0.6) is 0 Å². The van der Waals surface area contributed by atoms with E-state index in [1.807, 2.05) is 25.1 Å². The molecule has 0 radical (unpaired) electrons. The third-order valence-corrected chi connectivity index (χ3v) is 6.63. The molecule has 0 saturated carbocycles. The van der Waals surface area contributed by atoms with Crippen molar-refractivity contribution in [3.05, 3.63) is 65.7 Å². The van der Waals surface area contributed by atoms with Crippen LogP contribution in [0.15, 0.2) is 59.5 Å². The quantitative estimate of drug-likeness (QED) is 0.739. The highest BCUT2D eigenvalue weighted by Crippen LogP contribution is 2.29. The van der Waals surface area contributed by atoms with Gasteiger partial charge in [-0.3, -0.25) is 9.59 Å². The van der Waals surface area contributed by atoms with Gasteiger partial charge in [-0.05, 0) is 43.9 Å². The molecule has 6 nitrogen and oxygen atoms in total. The zero-order chi connectivity index (χ0) is 20.1. The minimum Gasteiger partial charge on any atom is -0.354 e. The zero-order valence-electron chi connectivity index (χ0n) is 15.8. The van der Waals surface area contributed by atoms with Gasteiger partial charge in [-0.15, -0.1) is 0 Å². The molecule has 0 aliphatic carbocycles. The molecule has 0 spiro atoms. The van der Waals surface area contributed by atoms with Gasteiger partial charge in [-0.1, -0.05) is 42.5 Å². The van der Waals surface area contributed by atoms with Crippen LogP contribution in [0.3, 0.4) is 0 Å². The van der Waals surface area contributed by atoms with E-state index in [0.29, 0.717) is 0 Å². The van der Waals surface area contributed by atoms with Crippen LogP contribution in [-0.2, 0) is 21.2 Å². The van der Waals surface area contributed by atoms with Gasteiger partial charge in [-0.2, -0.15) is 0 Å². The summed E-state index contributed by atoms with van der Waals surface area (Å²) in [6, 6.07) is 16.3. The minimum absolute atomic E-state index is 0.00165. The van der Waals surface area contributed by atoms with Crippen LogP contribution in [0.4, 0.5) is 0 Å². The molecule has 0 saturated heterocycles. The lowest BCUT2D eigenvalue weighted by molar-refractivity contribution is -0.121. The van der Waals surface area contributed by atoms with Crippen molar-refractivity contribution >= 4 is 21.8 Å². The number of amides is 2. The zero-order valence-corrected chi connectivity index (χ0v) is 16.6. The van der Waals surface area contributed by atoms with E-state index in [1.165, 1.54) is 17.7 Å². The Morgan fingerprint density at radius 1 is 1.07 bits per heavy atom. The highest BCUT2D eigenvalue weighted by molar-refractivity contribution is 7.90. The molecule has 1 atom stereocenters. The van der Waals surface area contributed by atoms with Crippen molar-refractivity contribution in [3.63, 3.8) is 0 Å². The third-order valence-electron chi connectivity index (χ3n) is 4.79. The van der Waals surface area contributed by atoms with Crippen LogP contribution in [0.1, 0.15) is 42.1 Å². The lowest BCUT2D eigenvalue weighted by Crippen LogP contribution is -2.35. The summed E-state index contributed by atoms with van der Waals surface area (Å²) >= 11 is 0. The Balaban J connectivity index is 1.45. The number of nitrogens with one attached hydrogen (secondary N) is 1. The first-order chi connectivity index (χ1) is 13.4. The van der Waals surface area contributed by atoms with Crippen LogP contribution in [0.25, 0.3) is 0 Å². The average molecular weight is 401 g/mol. The Morgan fingerprint density at radius 3 is 2.46 bits per heavy atom. The largest absolute Gasteiger partial charge is 0.354 e. The van der Waals surface area contributed by atoms with Crippen molar-refractivity contribution in [1.29, 1.82) is 0 Å². The summed E-state index contributed by atoms with van der Waals surface area (Å²) in [5, 5.41) is 2.93. The van der Waals surface area contributed by atoms with Crippen molar-refractivity contribution in [2.75, 3.05) is 6.54 Å². The molecular formula is C21H24N2O4S. The lowest BCUT2D eigenvalue weighted by Gasteiger charge is -2.16. The molecule has 1 N–H and O–H groups in total. The fourth-order valence-electron chi connectivity index (χ4n) is 3.28. The predicted octanol–water partition coefficient (Wildman–Crippen LogP) is 2.75. The molecule has 0 fully saturated rings. The number of hydrogen-bond acceptors (Lipinski definition) is 4. The number of rotatable bonds is 8. The van der Waals surface area contributed by atoms with Gasteiger partial charge in [-0.25, -0.2) is 12.7 Å². The second kappa shape index (κ2) is 8.56. The van der Waals surface area contributed by atoms with Crippen molar-refractivity contribution in [1.82, 2.24) is 9.62 Å². The standard InChI is InChI=1S/C21H24N2O4S/c1-16(13-14-17-8-3-2-4-9-17)22-20(24)12-7-15-23-21(25)18-10-5-6-11-19(18)28(23,26)27/h2-6,8-11,16H,7,12-15H2,1H3,(H,22,24)/t16-/m0/s1. The third kappa shape index (κ3) is 4.42. The fourth-order valence-corrected chi connectivity index (χ4v) is 4.89. The van der Waals surface area contributed by atoms with E-state index in [-0.39, 0.29) is 41.8 Å². The van der Waals surface area contributed by atoms with Gasteiger partial charge in [0.25, 0.3) is 15.9 Å². The van der Waals surface area contributed by atoms with Gasteiger partial charge in [0, 0.05) is 19.0 Å². The Hall–Kier alpha value is -2.67. The second-order valence-electron chi connectivity index (χ2n) is 6.97.